The van der Waals surface area contributed by atoms with E-state index in [-0.39, 0.29) is 6.04 Å². The van der Waals surface area contributed by atoms with Gasteiger partial charge >= 0.3 is 0 Å². The first kappa shape index (κ1) is 12.7. The summed E-state index contributed by atoms with van der Waals surface area (Å²) in [5.74, 6) is 0. The molecular formula is C12H15NO2S2. The predicted molar refractivity (Wildman–Crippen MR) is 73.5 cm³/mol. The van der Waals surface area contributed by atoms with Crippen LogP contribution in [0.25, 0.3) is 10.1 Å². The fourth-order valence-electron chi connectivity index (χ4n) is 1.79. The molecule has 1 aromatic carbocycles. The van der Waals surface area contributed by atoms with Crippen LogP contribution in [0.1, 0.15) is 12.5 Å². The van der Waals surface area contributed by atoms with E-state index >= 15 is 0 Å². The summed E-state index contributed by atoms with van der Waals surface area (Å²) in [5, 5.41) is 3.39. The quantitative estimate of drug-likeness (QED) is 0.867. The highest BCUT2D eigenvalue weighted by Crippen LogP contribution is 2.27. The number of likely N-dealkylation sites (N-methyl/N-ethyl adjacent to an activating group) is 1. The maximum Gasteiger partial charge on any atom is 0.234 e. The smallest absolute Gasteiger partial charge is 0.234 e. The molecule has 17 heavy (non-hydrogen) atoms. The Labute approximate surface area is 107 Å². The molecular weight excluding hydrogens is 254 g/mol. The van der Waals surface area contributed by atoms with Crippen LogP contribution in [0.4, 0.5) is 0 Å². The van der Waals surface area contributed by atoms with Crippen molar-refractivity contribution in [3.8, 4) is 0 Å². The summed E-state index contributed by atoms with van der Waals surface area (Å²) < 4.78 is 22.7. The van der Waals surface area contributed by atoms with E-state index in [2.05, 4.69) is 17.5 Å². The van der Waals surface area contributed by atoms with Gasteiger partial charge in [0.1, 0.15) is 0 Å². The lowest BCUT2D eigenvalue weighted by Crippen LogP contribution is -2.32. The average molecular weight is 269 g/mol. The highest BCUT2D eigenvalue weighted by Gasteiger charge is 2.16. The van der Waals surface area contributed by atoms with E-state index < -0.39 is 11.3 Å². The normalized spacial score (nSPS) is 15.3. The monoisotopic (exact) mass is 269 g/mol. The van der Waals surface area contributed by atoms with Crippen LogP contribution >= 0.6 is 11.3 Å². The Morgan fingerprint density at radius 3 is 2.88 bits per heavy atom. The lowest BCUT2D eigenvalue weighted by Gasteiger charge is -2.19. The summed E-state index contributed by atoms with van der Waals surface area (Å²) in [4.78, 5) is 0. The van der Waals surface area contributed by atoms with Gasteiger partial charge in [-0.15, -0.1) is 11.3 Å². The lowest BCUT2D eigenvalue weighted by molar-refractivity contribution is 0.376. The van der Waals surface area contributed by atoms with E-state index in [0.717, 1.165) is 6.42 Å². The summed E-state index contributed by atoms with van der Waals surface area (Å²) in [7, 11) is 1.66. The number of thiophene rings is 1. The maximum atomic E-state index is 11.0. The topological polar surface area (TPSA) is 40.5 Å². The maximum absolute atomic E-state index is 11.0. The Morgan fingerprint density at radius 2 is 2.18 bits per heavy atom. The van der Waals surface area contributed by atoms with Crippen molar-refractivity contribution >= 4 is 32.7 Å². The Kier molecular flexibility index (Phi) is 3.93. The van der Waals surface area contributed by atoms with Gasteiger partial charge in [-0.1, -0.05) is 18.2 Å². The first-order valence-electron chi connectivity index (χ1n) is 5.38. The van der Waals surface area contributed by atoms with E-state index in [1.807, 2.05) is 19.1 Å². The number of rotatable bonds is 4. The van der Waals surface area contributed by atoms with Crippen LogP contribution < -0.4 is 0 Å². The fraction of sp³-hybridized carbons (Fsp3) is 0.333. The second-order valence-electron chi connectivity index (χ2n) is 4.09. The second-order valence-corrected chi connectivity index (χ2v) is 6.04. The molecule has 0 saturated carbocycles. The molecule has 1 N–H and O–H groups in total. The van der Waals surface area contributed by atoms with Gasteiger partial charge in [0.15, 0.2) is 0 Å². The van der Waals surface area contributed by atoms with Gasteiger partial charge in [0.25, 0.3) is 0 Å². The molecule has 0 amide bonds. The number of hydrogen-bond donors (Lipinski definition) is 1. The number of hydrogen-bond acceptors (Lipinski definition) is 2. The van der Waals surface area contributed by atoms with E-state index in [4.69, 9.17) is 4.55 Å². The highest BCUT2D eigenvalue weighted by atomic mass is 32.2. The summed E-state index contributed by atoms with van der Waals surface area (Å²) in [6.45, 7) is 1.96. The zero-order valence-corrected chi connectivity index (χ0v) is 11.4. The van der Waals surface area contributed by atoms with Gasteiger partial charge in [-0.2, -0.15) is 0 Å². The van der Waals surface area contributed by atoms with Gasteiger partial charge in [0.05, 0.1) is 0 Å². The van der Waals surface area contributed by atoms with Crippen molar-refractivity contribution in [1.29, 1.82) is 0 Å². The number of nitrogens with zero attached hydrogens (tertiary/aromatic N) is 1. The van der Waals surface area contributed by atoms with Crippen LogP contribution in [0.2, 0.25) is 0 Å². The minimum absolute atomic E-state index is 0.0406. The molecule has 0 radical (unpaired) electrons. The van der Waals surface area contributed by atoms with Gasteiger partial charge in [0.2, 0.25) is 11.3 Å². The van der Waals surface area contributed by atoms with Gasteiger partial charge in [-0.05, 0) is 35.7 Å². The van der Waals surface area contributed by atoms with Crippen molar-refractivity contribution in [3.05, 3.63) is 35.2 Å². The molecule has 0 fully saturated rings. The summed E-state index contributed by atoms with van der Waals surface area (Å²) in [6, 6.07) is 8.29. The third kappa shape index (κ3) is 2.74. The third-order valence-electron chi connectivity index (χ3n) is 2.94. The molecule has 0 aliphatic rings. The van der Waals surface area contributed by atoms with Gasteiger partial charge in [-0.25, -0.2) is 8.51 Å². The molecule has 0 spiro atoms. The molecule has 0 aliphatic carbocycles. The Hall–Kier alpha value is -0.750. The molecule has 92 valence electrons. The third-order valence-corrected chi connectivity index (χ3v) is 4.81. The minimum Gasteiger partial charge on any atom is -0.294 e. The number of benzene rings is 1. The van der Waals surface area contributed by atoms with Gasteiger partial charge in [-0.3, -0.25) is 4.55 Å². The highest BCUT2D eigenvalue weighted by molar-refractivity contribution is 7.76. The zero-order valence-electron chi connectivity index (χ0n) is 9.79. The van der Waals surface area contributed by atoms with E-state index in [1.165, 1.54) is 20.0 Å². The zero-order chi connectivity index (χ0) is 12.4. The van der Waals surface area contributed by atoms with E-state index in [1.54, 1.807) is 18.4 Å². The van der Waals surface area contributed by atoms with Crippen molar-refractivity contribution < 1.29 is 8.76 Å². The molecule has 0 bridgehead atoms. The second kappa shape index (κ2) is 5.27. The first-order valence-corrected chi connectivity index (χ1v) is 7.33. The Balaban J connectivity index is 2.21. The van der Waals surface area contributed by atoms with Crippen LogP contribution in [0.5, 0.6) is 0 Å². The fourth-order valence-corrected chi connectivity index (χ4v) is 3.15. The number of fused-ring (bicyclic) bond motifs is 1. The minimum atomic E-state index is -1.90. The van der Waals surface area contributed by atoms with Crippen LogP contribution in [0.3, 0.4) is 0 Å². The van der Waals surface area contributed by atoms with Crippen molar-refractivity contribution in [2.45, 2.75) is 19.4 Å². The predicted octanol–water partition coefficient (Wildman–Crippen LogP) is 2.90. The lowest BCUT2D eigenvalue weighted by atomic mass is 10.1. The molecule has 5 heteroatoms. The van der Waals surface area contributed by atoms with E-state index in [9.17, 15) is 4.21 Å². The molecule has 2 aromatic rings. The molecule has 2 atom stereocenters. The Bertz CT molecular complexity index is 538. The van der Waals surface area contributed by atoms with Crippen LogP contribution in [-0.2, 0) is 17.7 Å². The van der Waals surface area contributed by atoms with Crippen molar-refractivity contribution in [2.75, 3.05) is 7.05 Å². The molecule has 0 aliphatic heterocycles. The van der Waals surface area contributed by atoms with Crippen molar-refractivity contribution in [3.63, 3.8) is 0 Å². The largest absolute Gasteiger partial charge is 0.294 e. The standard InChI is InChI=1S/C12H15NO2S2/c1-9(13(2)17(14)15)7-10-8-16-12-6-4-3-5-11(10)12/h3-6,8-9H,7H2,1-2H3,(H,14,15). The van der Waals surface area contributed by atoms with Crippen LogP contribution in [0, 0.1) is 0 Å². The molecule has 1 heterocycles. The summed E-state index contributed by atoms with van der Waals surface area (Å²) >= 11 is -0.180. The molecule has 3 nitrogen and oxygen atoms in total. The Morgan fingerprint density at radius 1 is 1.47 bits per heavy atom. The first-order chi connectivity index (χ1) is 8.09. The van der Waals surface area contributed by atoms with Gasteiger partial charge in [0, 0.05) is 17.8 Å². The summed E-state index contributed by atoms with van der Waals surface area (Å²) in [6.07, 6.45) is 0.785. The van der Waals surface area contributed by atoms with Crippen LogP contribution in [0.15, 0.2) is 29.6 Å². The van der Waals surface area contributed by atoms with Crippen molar-refractivity contribution in [1.82, 2.24) is 4.31 Å². The molecule has 2 rings (SSSR count). The summed E-state index contributed by atoms with van der Waals surface area (Å²) in [5.41, 5.74) is 1.25. The molecule has 2 unspecified atom stereocenters. The molecule has 1 aromatic heterocycles. The van der Waals surface area contributed by atoms with Crippen LogP contribution in [-0.4, -0.2) is 26.2 Å². The van der Waals surface area contributed by atoms with E-state index in [0.29, 0.717) is 0 Å². The average Bonchev–Trinajstić information content (AvgIpc) is 2.71. The van der Waals surface area contributed by atoms with Gasteiger partial charge < -0.3 is 0 Å². The molecule has 0 saturated heterocycles. The SMILES string of the molecule is CC(Cc1csc2ccccc12)N(C)S(=O)O. The van der Waals surface area contributed by atoms with Crippen molar-refractivity contribution in [2.24, 2.45) is 0 Å².